The van der Waals surface area contributed by atoms with Gasteiger partial charge in [0, 0.05) is 38.4 Å². The molecule has 3 rings (SSSR count). The van der Waals surface area contributed by atoms with Gasteiger partial charge in [0.05, 0.1) is 25.7 Å². The zero-order chi connectivity index (χ0) is 14.7. The van der Waals surface area contributed by atoms with Crippen molar-refractivity contribution in [3.05, 3.63) is 42.0 Å². The molecule has 0 unspecified atom stereocenters. The number of hydrogen-bond acceptors (Lipinski definition) is 4. The summed E-state index contributed by atoms with van der Waals surface area (Å²) in [5.74, 6) is 1.70. The Hall–Kier alpha value is -2.01. The smallest absolute Gasteiger partial charge is 0.165 e. The molecule has 2 aromatic rings. The predicted molar refractivity (Wildman–Crippen MR) is 80.4 cm³/mol. The molecule has 112 valence electrons. The van der Waals surface area contributed by atoms with E-state index < -0.39 is 0 Å². The van der Waals surface area contributed by atoms with Crippen LogP contribution in [0.3, 0.4) is 0 Å². The molecule has 0 spiro atoms. The topological polar surface area (TPSA) is 39.5 Å². The summed E-state index contributed by atoms with van der Waals surface area (Å²) in [6.45, 7) is 3.49. The summed E-state index contributed by atoms with van der Waals surface area (Å²) in [4.78, 5) is 6.62. The maximum Gasteiger partial charge on any atom is 0.165 e. The van der Waals surface area contributed by atoms with E-state index in [0.29, 0.717) is 0 Å². The van der Waals surface area contributed by atoms with Crippen molar-refractivity contribution in [2.75, 3.05) is 20.3 Å². The average molecular weight is 287 g/mol. The Labute approximate surface area is 125 Å². The van der Waals surface area contributed by atoms with Crippen molar-refractivity contribution in [1.82, 2.24) is 14.5 Å². The van der Waals surface area contributed by atoms with E-state index in [-0.39, 0.29) is 0 Å². The Bertz CT molecular complexity index is 609. The van der Waals surface area contributed by atoms with Crippen molar-refractivity contribution in [2.24, 2.45) is 7.05 Å². The Morgan fingerprint density at radius 2 is 2.29 bits per heavy atom. The van der Waals surface area contributed by atoms with Crippen LogP contribution in [-0.4, -0.2) is 34.7 Å². The first-order chi connectivity index (χ1) is 10.3. The molecule has 1 aliphatic heterocycles. The van der Waals surface area contributed by atoms with Crippen LogP contribution in [-0.2, 0) is 20.1 Å². The number of rotatable bonds is 3. The Morgan fingerprint density at radius 1 is 1.38 bits per heavy atom. The van der Waals surface area contributed by atoms with E-state index in [1.807, 2.05) is 31.7 Å². The number of aromatic nitrogens is 2. The first-order valence-corrected chi connectivity index (χ1v) is 7.24. The normalized spacial score (nSPS) is 15.7. The highest BCUT2D eigenvalue weighted by Crippen LogP contribution is 2.33. The minimum atomic E-state index is 0.718. The van der Waals surface area contributed by atoms with Gasteiger partial charge in [-0.2, -0.15) is 0 Å². The summed E-state index contributed by atoms with van der Waals surface area (Å²) in [6, 6.07) is 6.08. The summed E-state index contributed by atoms with van der Waals surface area (Å²) >= 11 is 0. The van der Waals surface area contributed by atoms with Crippen LogP contribution in [0.15, 0.2) is 30.7 Å². The summed E-state index contributed by atoms with van der Waals surface area (Å²) < 4.78 is 13.4. The Balaban J connectivity index is 1.83. The number of fused-ring (bicyclic) bond motifs is 1. The molecule has 1 aliphatic rings. The number of para-hydroxylation sites is 1. The third-order valence-electron chi connectivity index (χ3n) is 3.84. The predicted octanol–water partition coefficient (Wildman–Crippen LogP) is 2.21. The largest absolute Gasteiger partial charge is 0.493 e. The molecule has 5 nitrogen and oxygen atoms in total. The highest BCUT2D eigenvalue weighted by Gasteiger charge is 2.18. The molecular weight excluding hydrogens is 266 g/mol. The molecule has 21 heavy (non-hydrogen) atoms. The lowest BCUT2D eigenvalue weighted by Crippen LogP contribution is -2.28. The molecule has 0 fully saturated rings. The quantitative estimate of drug-likeness (QED) is 0.868. The second kappa shape index (κ2) is 6.18. The molecule has 0 radical (unpaired) electrons. The molecule has 0 atom stereocenters. The van der Waals surface area contributed by atoms with Crippen molar-refractivity contribution >= 4 is 0 Å². The molecule has 2 heterocycles. The summed E-state index contributed by atoms with van der Waals surface area (Å²) in [5.41, 5.74) is 2.40. The fourth-order valence-corrected chi connectivity index (χ4v) is 2.69. The number of aryl methyl sites for hydroxylation is 1. The van der Waals surface area contributed by atoms with E-state index >= 15 is 0 Å². The third kappa shape index (κ3) is 3.03. The third-order valence-corrected chi connectivity index (χ3v) is 3.84. The number of methoxy groups -OCH3 is 1. The van der Waals surface area contributed by atoms with Gasteiger partial charge in [0.25, 0.3) is 0 Å². The van der Waals surface area contributed by atoms with Gasteiger partial charge < -0.3 is 14.0 Å². The van der Waals surface area contributed by atoms with Crippen molar-refractivity contribution in [3.63, 3.8) is 0 Å². The van der Waals surface area contributed by atoms with Crippen LogP contribution in [0.2, 0.25) is 0 Å². The standard InChI is InChI=1S/C16H21N3O2/c1-18-12-17-9-14(18)11-19-7-4-8-21-16-13(10-19)5-3-6-15(16)20-2/h3,5-6,9,12H,4,7-8,10-11H2,1-2H3. The minimum absolute atomic E-state index is 0.718. The molecule has 0 saturated heterocycles. The number of hydrogen-bond donors (Lipinski definition) is 0. The second-order valence-electron chi connectivity index (χ2n) is 5.36. The zero-order valence-electron chi connectivity index (χ0n) is 12.6. The van der Waals surface area contributed by atoms with E-state index in [4.69, 9.17) is 9.47 Å². The summed E-state index contributed by atoms with van der Waals surface area (Å²) in [5, 5.41) is 0. The van der Waals surface area contributed by atoms with Gasteiger partial charge in [-0.3, -0.25) is 4.90 Å². The van der Waals surface area contributed by atoms with Gasteiger partial charge in [-0.15, -0.1) is 0 Å². The highest BCUT2D eigenvalue weighted by molar-refractivity contribution is 5.46. The number of benzene rings is 1. The fraction of sp³-hybridized carbons (Fsp3) is 0.438. The molecule has 5 heteroatoms. The zero-order valence-corrected chi connectivity index (χ0v) is 12.6. The van der Waals surface area contributed by atoms with Crippen molar-refractivity contribution in [2.45, 2.75) is 19.5 Å². The first-order valence-electron chi connectivity index (χ1n) is 7.24. The number of imidazole rings is 1. The van der Waals surface area contributed by atoms with Gasteiger partial charge in [-0.25, -0.2) is 4.98 Å². The highest BCUT2D eigenvalue weighted by atomic mass is 16.5. The van der Waals surface area contributed by atoms with Gasteiger partial charge in [-0.1, -0.05) is 12.1 Å². The monoisotopic (exact) mass is 287 g/mol. The maximum absolute atomic E-state index is 5.89. The minimum Gasteiger partial charge on any atom is -0.493 e. The SMILES string of the molecule is COc1cccc2c1OCCCN(Cc1cncn1C)C2. The Morgan fingerprint density at radius 3 is 3.05 bits per heavy atom. The molecule has 0 N–H and O–H groups in total. The van der Waals surface area contributed by atoms with Gasteiger partial charge >= 0.3 is 0 Å². The van der Waals surface area contributed by atoms with Crippen LogP contribution in [0.5, 0.6) is 11.5 Å². The van der Waals surface area contributed by atoms with Gasteiger partial charge in [-0.05, 0) is 12.5 Å². The number of ether oxygens (including phenoxy) is 2. The molecule has 1 aromatic heterocycles. The molecule has 0 amide bonds. The van der Waals surface area contributed by atoms with Crippen LogP contribution >= 0.6 is 0 Å². The first kappa shape index (κ1) is 13.9. The lowest BCUT2D eigenvalue weighted by Gasteiger charge is -2.27. The second-order valence-corrected chi connectivity index (χ2v) is 5.36. The average Bonchev–Trinajstić information content (AvgIpc) is 2.86. The van der Waals surface area contributed by atoms with Crippen molar-refractivity contribution in [3.8, 4) is 11.5 Å². The van der Waals surface area contributed by atoms with Crippen LogP contribution in [0.4, 0.5) is 0 Å². The van der Waals surface area contributed by atoms with Crippen LogP contribution in [0, 0.1) is 0 Å². The van der Waals surface area contributed by atoms with E-state index in [0.717, 1.165) is 44.2 Å². The van der Waals surface area contributed by atoms with Crippen LogP contribution in [0.1, 0.15) is 17.7 Å². The van der Waals surface area contributed by atoms with E-state index in [1.165, 1.54) is 11.3 Å². The van der Waals surface area contributed by atoms with Gasteiger partial charge in [0.15, 0.2) is 11.5 Å². The van der Waals surface area contributed by atoms with Crippen LogP contribution < -0.4 is 9.47 Å². The van der Waals surface area contributed by atoms with Gasteiger partial charge in [0.1, 0.15) is 0 Å². The van der Waals surface area contributed by atoms with Crippen molar-refractivity contribution < 1.29 is 9.47 Å². The summed E-state index contributed by atoms with van der Waals surface area (Å²) in [6.07, 6.45) is 4.79. The summed E-state index contributed by atoms with van der Waals surface area (Å²) in [7, 11) is 3.72. The maximum atomic E-state index is 5.89. The lowest BCUT2D eigenvalue weighted by atomic mass is 10.1. The molecule has 1 aromatic carbocycles. The molecule has 0 bridgehead atoms. The molecule has 0 aliphatic carbocycles. The Kier molecular flexibility index (Phi) is 4.10. The molecular formula is C16H21N3O2. The van der Waals surface area contributed by atoms with E-state index in [9.17, 15) is 0 Å². The van der Waals surface area contributed by atoms with Crippen LogP contribution in [0.25, 0.3) is 0 Å². The van der Waals surface area contributed by atoms with Gasteiger partial charge in [0.2, 0.25) is 0 Å². The van der Waals surface area contributed by atoms with Crippen molar-refractivity contribution in [1.29, 1.82) is 0 Å². The lowest BCUT2D eigenvalue weighted by molar-refractivity contribution is 0.192. The fourth-order valence-electron chi connectivity index (χ4n) is 2.69. The molecule has 0 saturated carbocycles. The number of nitrogens with zero attached hydrogens (tertiary/aromatic N) is 3. The van der Waals surface area contributed by atoms with E-state index in [1.54, 1.807) is 7.11 Å². The van der Waals surface area contributed by atoms with E-state index in [2.05, 4.69) is 20.5 Å².